The molecule has 6 heteroatoms. The predicted molar refractivity (Wildman–Crippen MR) is 114 cm³/mol. The normalized spacial score (nSPS) is 11.0. The van der Waals surface area contributed by atoms with E-state index in [0.717, 1.165) is 48.5 Å². The molecular formula is C20H34Br2O4. The lowest BCUT2D eigenvalue weighted by Crippen LogP contribution is -2.06. The van der Waals surface area contributed by atoms with Gasteiger partial charge in [0.1, 0.15) is 0 Å². The summed E-state index contributed by atoms with van der Waals surface area (Å²) in [5.41, 5.74) is 0. The molecule has 0 aliphatic heterocycles. The summed E-state index contributed by atoms with van der Waals surface area (Å²) in [5.74, 6) is -0.957. The number of halogens is 2. The highest BCUT2D eigenvalue weighted by Gasteiger charge is 2.01. The molecular weight excluding hydrogens is 464 g/mol. The van der Waals surface area contributed by atoms with Gasteiger partial charge in [-0.25, -0.2) is 9.59 Å². The Hall–Kier alpha value is -0.360. The summed E-state index contributed by atoms with van der Waals surface area (Å²) in [4.78, 5) is 23.0. The van der Waals surface area contributed by atoms with Crippen LogP contribution < -0.4 is 0 Å². The second-order valence-electron chi connectivity index (χ2n) is 6.29. The molecule has 0 unspecified atom stereocenters. The number of rotatable bonds is 18. The van der Waals surface area contributed by atoms with E-state index in [1.165, 1.54) is 51.4 Å². The Kier molecular flexibility index (Phi) is 20.7. The summed E-state index contributed by atoms with van der Waals surface area (Å²) >= 11 is 6.83. The van der Waals surface area contributed by atoms with Crippen molar-refractivity contribution in [2.24, 2.45) is 0 Å². The molecule has 0 aromatic carbocycles. The molecule has 0 bridgehead atoms. The molecule has 0 fully saturated rings. The zero-order valence-corrected chi connectivity index (χ0v) is 19.0. The quantitative estimate of drug-likeness (QED) is 0.0992. The van der Waals surface area contributed by atoms with Crippen molar-refractivity contribution in [1.29, 1.82) is 0 Å². The fourth-order valence-corrected chi connectivity index (χ4v) is 3.18. The van der Waals surface area contributed by atoms with Crippen LogP contribution in [-0.2, 0) is 19.1 Å². The SMILES string of the molecule is O=C(/C=C/C(=O)OCCCCCCCCBr)OCCCCCCCCBr. The van der Waals surface area contributed by atoms with Gasteiger partial charge in [0.2, 0.25) is 0 Å². The third-order valence-electron chi connectivity index (χ3n) is 3.90. The number of carbonyl (C=O) groups is 2. The molecule has 0 rings (SSSR count). The summed E-state index contributed by atoms with van der Waals surface area (Å²) in [5, 5.41) is 2.13. The Balaban J connectivity index is 3.45. The molecule has 0 heterocycles. The summed E-state index contributed by atoms with van der Waals surface area (Å²) in [6.45, 7) is 0.817. The molecule has 0 radical (unpaired) electrons. The Morgan fingerprint density at radius 3 is 1.19 bits per heavy atom. The Morgan fingerprint density at radius 1 is 0.538 bits per heavy atom. The Bertz CT molecular complexity index is 339. The number of esters is 2. The van der Waals surface area contributed by atoms with Crippen LogP contribution in [0.3, 0.4) is 0 Å². The highest BCUT2D eigenvalue weighted by molar-refractivity contribution is 9.09. The van der Waals surface area contributed by atoms with Crippen molar-refractivity contribution >= 4 is 43.8 Å². The van der Waals surface area contributed by atoms with Crippen LogP contribution in [0, 0.1) is 0 Å². The van der Waals surface area contributed by atoms with Gasteiger partial charge in [0.25, 0.3) is 0 Å². The lowest BCUT2D eigenvalue weighted by molar-refractivity contribution is -0.140. The minimum atomic E-state index is -0.479. The molecule has 0 aliphatic rings. The van der Waals surface area contributed by atoms with Crippen LogP contribution in [0.15, 0.2) is 12.2 Å². The number of ether oxygens (including phenoxy) is 2. The molecule has 0 atom stereocenters. The predicted octanol–water partition coefficient (Wildman–Crippen LogP) is 6.10. The van der Waals surface area contributed by atoms with Crippen molar-refractivity contribution < 1.29 is 19.1 Å². The number of carbonyl (C=O) groups excluding carboxylic acids is 2. The van der Waals surface area contributed by atoms with E-state index in [0.29, 0.717) is 13.2 Å². The number of alkyl halides is 2. The van der Waals surface area contributed by atoms with Gasteiger partial charge in [-0.3, -0.25) is 0 Å². The molecule has 0 amide bonds. The molecule has 0 aliphatic carbocycles. The first-order valence-corrected chi connectivity index (χ1v) is 12.1. The van der Waals surface area contributed by atoms with Crippen LogP contribution >= 0.6 is 31.9 Å². The van der Waals surface area contributed by atoms with Crippen LogP contribution in [0.1, 0.15) is 77.0 Å². The van der Waals surface area contributed by atoms with E-state index < -0.39 is 11.9 Å². The maximum absolute atomic E-state index is 11.5. The zero-order valence-electron chi connectivity index (χ0n) is 15.9. The lowest BCUT2D eigenvalue weighted by atomic mass is 10.1. The summed E-state index contributed by atoms with van der Waals surface area (Å²) in [6.07, 6.45) is 15.9. The summed E-state index contributed by atoms with van der Waals surface area (Å²) in [6, 6.07) is 0. The van der Waals surface area contributed by atoms with E-state index in [-0.39, 0.29) is 0 Å². The maximum Gasteiger partial charge on any atom is 0.331 e. The van der Waals surface area contributed by atoms with E-state index in [1.54, 1.807) is 0 Å². The van der Waals surface area contributed by atoms with E-state index in [4.69, 9.17) is 9.47 Å². The molecule has 0 saturated carbocycles. The van der Waals surface area contributed by atoms with Crippen molar-refractivity contribution in [2.45, 2.75) is 77.0 Å². The van der Waals surface area contributed by atoms with Gasteiger partial charge in [-0.05, 0) is 25.7 Å². The highest BCUT2D eigenvalue weighted by atomic mass is 79.9. The topological polar surface area (TPSA) is 52.6 Å². The number of unbranched alkanes of at least 4 members (excludes halogenated alkanes) is 10. The van der Waals surface area contributed by atoms with Gasteiger partial charge in [0.05, 0.1) is 13.2 Å². The smallest absolute Gasteiger partial charge is 0.331 e. The Labute approximate surface area is 175 Å². The molecule has 0 aromatic heterocycles. The molecule has 0 N–H and O–H groups in total. The second kappa shape index (κ2) is 20.9. The van der Waals surface area contributed by atoms with E-state index in [9.17, 15) is 9.59 Å². The van der Waals surface area contributed by atoms with E-state index in [2.05, 4.69) is 31.9 Å². The number of hydrogen-bond acceptors (Lipinski definition) is 4. The monoisotopic (exact) mass is 496 g/mol. The second-order valence-corrected chi connectivity index (χ2v) is 7.87. The van der Waals surface area contributed by atoms with E-state index >= 15 is 0 Å². The van der Waals surface area contributed by atoms with Crippen molar-refractivity contribution in [1.82, 2.24) is 0 Å². The van der Waals surface area contributed by atoms with Crippen LogP contribution in [0.2, 0.25) is 0 Å². The minimum Gasteiger partial charge on any atom is -0.463 e. The molecule has 0 spiro atoms. The average molecular weight is 498 g/mol. The van der Waals surface area contributed by atoms with Gasteiger partial charge in [0.15, 0.2) is 0 Å². The molecule has 26 heavy (non-hydrogen) atoms. The molecule has 0 saturated heterocycles. The first-order valence-electron chi connectivity index (χ1n) is 9.84. The first-order chi connectivity index (χ1) is 12.7. The largest absolute Gasteiger partial charge is 0.463 e. The zero-order chi connectivity index (χ0) is 19.3. The fraction of sp³-hybridized carbons (Fsp3) is 0.800. The van der Waals surface area contributed by atoms with E-state index in [1.807, 2.05) is 0 Å². The summed E-state index contributed by atoms with van der Waals surface area (Å²) in [7, 11) is 0. The van der Waals surface area contributed by atoms with Crippen molar-refractivity contribution in [3.05, 3.63) is 12.2 Å². The van der Waals surface area contributed by atoms with Crippen LogP contribution in [0.25, 0.3) is 0 Å². The summed E-state index contributed by atoms with van der Waals surface area (Å²) < 4.78 is 10.1. The van der Waals surface area contributed by atoms with Crippen LogP contribution in [-0.4, -0.2) is 35.8 Å². The third kappa shape index (κ3) is 20.0. The molecule has 4 nitrogen and oxygen atoms in total. The molecule has 0 aromatic rings. The van der Waals surface area contributed by atoms with Crippen molar-refractivity contribution in [3.63, 3.8) is 0 Å². The highest BCUT2D eigenvalue weighted by Crippen LogP contribution is 2.07. The minimum absolute atomic E-state index is 0.408. The molecule has 152 valence electrons. The lowest BCUT2D eigenvalue weighted by Gasteiger charge is -2.03. The van der Waals surface area contributed by atoms with Gasteiger partial charge in [0, 0.05) is 22.8 Å². The standard InChI is InChI=1S/C20H34Br2O4/c21-15-9-5-1-3-7-11-17-25-19(23)13-14-20(24)26-18-12-8-4-2-6-10-16-22/h13-14H,1-12,15-18H2/b14-13+. The van der Waals surface area contributed by atoms with Crippen molar-refractivity contribution in [3.8, 4) is 0 Å². The van der Waals surface area contributed by atoms with Crippen LogP contribution in [0.4, 0.5) is 0 Å². The van der Waals surface area contributed by atoms with Gasteiger partial charge in [-0.1, -0.05) is 83.2 Å². The van der Waals surface area contributed by atoms with Gasteiger partial charge in [-0.2, -0.15) is 0 Å². The Morgan fingerprint density at radius 2 is 0.846 bits per heavy atom. The van der Waals surface area contributed by atoms with Gasteiger partial charge >= 0.3 is 11.9 Å². The number of hydrogen-bond donors (Lipinski definition) is 0. The van der Waals surface area contributed by atoms with Gasteiger partial charge < -0.3 is 9.47 Å². The van der Waals surface area contributed by atoms with Crippen LogP contribution in [0.5, 0.6) is 0 Å². The first kappa shape index (κ1) is 25.6. The average Bonchev–Trinajstić information content (AvgIpc) is 2.64. The maximum atomic E-state index is 11.5. The van der Waals surface area contributed by atoms with Crippen molar-refractivity contribution in [2.75, 3.05) is 23.9 Å². The van der Waals surface area contributed by atoms with Gasteiger partial charge in [-0.15, -0.1) is 0 Å². The third-order valence-corrected chi connectivity index (χ3v) is 5.02. The fourth-order valence-electron chi connectivity index (χ4n) is 2.39.